The number of benzene rings is 2. The predicted molar refractivity (Wildman–Crippen MR) is 169 cm³/mol. The summed E-state index contributed by atoms with van der Waals surface area (Å²) in [6.07, 6.45) is 9.38. The largest absolute Gasteiger partial charge is 0.394 e. The van der Waals surface area contributed by atoms with E-state index in [1.165, 1.54) is 0 Å². The summed E-state index contributed by atoms with van der Waals surface area (Å²) >= 11 is 0. The van der Waals surface area contributed by atoms with Crippen LogP contribution in [0, 0.1) is 25.7 Å². The van der Waals surface area contributed by atoms with Crippen LogP contribution in [0.5, 0.6) is 0 Å². The summed E-state index contributed by atoms with van der Waals surface area (Å²) in [6.45, 7) is 8.97. The molecular formula is C36H43N3O5. The van der Waals surface area contributed by atoms with Gasteiger partial charge in [-0.2, -0.15) is 0 Å². The number of carbonyl (C=O) groups excluding carboxylic acids is 3. The number of fused-ring (bicyclic) bond motifs is 2. The molecule has 4 aliphatic rings. The molecule has 4 heterocycles. The first kappa shape index (κ1) is 30.3. The quantitative estimate of drug-likeness (QED) is 0.465. The topological polar surface area (TPSA) is 90.4 Å². The number of anilines is 1. The highest BCUT2D eigenvalue weighted by molar-refractivity contribution is 6.06. The van der Waals surface area contributed by atoms with Crippen molar-refractivity contribution >= 4 is 23.4 Å². The van der Waals surface area contributed by atoms with Crippen molar-refractivity contribution in [1.29, 1.82) is 0 Å². The van der Waals surface area contributed by atoms with E-state index in [2.05, 4.69) is 0 Å². The number of ether oxygens (including phenoxy) is 1. The van der Waals surface area contributed by atoms with Gasteiger partial charge >= 0.3 is 0 Å². The first-order valence-electron chi connectivity index (χ1n) is 15.9. The molecule has 0 bridgehead atoms. The average Bonchev–Trinajstić information content (AvgIpc) is 3.32. The molecule has 1 N–H and O–H groups in total. The average molecular weight is 598 g/mol. The summed E-state index contributed by atoms with van der Waals surface area (Å²) in [7, 11) is 0. The molecule has 3 amide bonds. The highest BCUT2D eigenvalue weighted by Crippen LogP contribution is 2.59. The van der Waals surface area contributed by atoms with Crippen molar-refractivity contribution in [3.8, 4) is 0 Å². The number of aliphatic hydroxyl groups excluding tert-OH is 1. The van der Waals surface area contributed by atoms with Gasteiger partial charge in [0.1, 0.15) is 11.6 Å². The van der Waals surface area contributed by atoms with E-state index in [1.807, 2.05) is 105 Å². The summed E-state index contributed by atoms with van der Waals surface area (Å²) in [6, 6.07) is 13.9. The molecule has 0 saturated carbocycles. The number of carbonyl (C=O) groups is 3. The van der Waals surface area contributed by atoms with Crippen molar-refractivity contribution in [1.82, 2.24) is 9.80 Å². The Balaban J connectivity index is 1.53. The highest BCUT2D eigenvalue weighted by Gasteiger charge is 2.76. The number of aliphatic hydroxyl groups is 1. The van der Waals surface area contributed by atoms with Gasteiger partial charge in [-0.3, -0.25) is 14.4 Å². The standard InChI is InChI=1S/C36H43N3O5/c1-5-19-37-20-11-17-35(6-2)28(32(37)41)29-33(42)39(27(23-40)22-26-15-8-7-9-16-26)31-34(43)38(21-12-18-36(29,31)44-35)30-24(3)13-10-14-25(30)4/h7-18,27-29,31,40H,5-6,19-23H2,1-4H3/t27-,28-,29+,31?,35+,36+/m1/s1. The number of aryl methyl sites for hydroxylation is 2. The summed E-state index contributed by atoms with van der Waals surface area (Å²) in [5, 5.41) is 10.8. The Bertz CT molecular complexity index is 1480. The van der Waals surface area contributed by atoms with Crippen molar-refractivity contribution in [2.75, 3.05) is 31.1 Å². The van der Waals surface area contributed by atoms with E-state index in [1.54, 1.807) is 9.80 Å². The number of likely N-dealkylation sites (tertiary alicyclic amines) is 1. The zero-order valence-electron chi connectivity index (χ0n) is 26.1. The fourth-order valence-electron chi connectivity index (χ4n) is 8.18. The van der Waals surface area contributed by atoms with E-state index in [0.29, 0.717) is 32.5 Å². The van der Waals surface area contributed by atoms with Crippen molar-refractivity contribution in [3.63, 3.8) is 0 Å². The predicted octanol–water partition coefficient (Wildman–Crippen LogP) is 3.98. The first-order valence-corrected chi connectivity index (χ1v) is 15.9. The van der Waals surface area contributed by atoms with Gasteiger partial charge in [0.25, 0.3) is 5.91 Å². The van der Waals surface area contributed by atoms with Crippen LogP contribution in [0.2, 0.25) is 0 Å². The molecule has 2 saturated heterocycles. The maximum Gasteiger partial charge on any atom is 0.253 e. The maximum atomic E-state index is 15.0. The Hall–Kier alpha value is -3.75. The second kappa shape index (κ2) is 11.6. The molecule has 1 spiro atoms. The number of amides is 3. The van der Waals surface area contributed by atoms with Crippen LogP contribution in [-0.4, -0.2) is 82.2 Å². The minimum atomic E-state index is -1.38. The summed E-state index contributed by atoms with van der Waals surface area (Å²) in [4.78, 5) is 49.5. The van der Waals surface area contributed by atoms with Gasteiger partial charge in [-0.1, -0.05) is 86.7 Å². The zero-order chi connectivity index (χ0) is 31.2. The molecule has 8 heteroatoms. The van der Waals surface area contributed by atoms with E-state index < -0.39 is 35.1 Å². The third kappa shape index (κ3) is 4.53. The SMILES string of the molecule is CCCN1CC=C[C@]2(CC)O[C@]34C=CCN(c5c(C)cccc5C)C(=O)C3N([C@@H](CO)Cc3ccccc3)C(=O)[C@@H]4[C@@H]2C1=O. The Morgan fingerprint density at radius 1 is 0.886 bits per heavy atom. The fraction of sp³-hybridized carbons (Fsp3) is 0.472. The van der Waals surface area contributed by atoms with Crippen molar-refractivity contribution in [3.05, 3.63) is 89.5 Å². The van der Waals surface area contributed by atoms with Crippen LogP contribution in [0.15, 0.2) is 72.8 Å². The van der Waals surface area contributed by atoms with Gasteiger partial charge in [-0.05, 0) is 49.8 Å². The molecule has 6 rings (SSSR count). The van der Waals surface area contributed by atoms with E-state index in [9.17, 15) is 14.7 Å². The molecule has 0 aliphatic carbocycles. The van der Waals surface area contributed by atoms with Gasteiger partial charge < -0.3 is 24.5 Å². The monoisotopic (exact) mass is 597 g/mol. The normalized spacial score (nSPS) is 30.2. The minimum absolute atomic E-state index is 0.116. The highest BCUT2D eigenvalue weighted by atomic mass is 16.5. The van der Waals surface area contributed by atoms with E-state index in [4.69, 9.17) is 4.74 Å². The third-order valence-corrected chi connectivity index (χ3v) is 10.1. The Morgan fingerprint density at radius 3 is 2.25 bits per heavy atom. The number of rotatable bonds is 8. The Kier molecular flexibility index (Phi) is 8.01. The smallest absolute Gasteiger partial charge is 0.253 e. The number of hydrogen-bond acceptors (Lipinski definition) is 5. The van der Waals surface area contributed by atoms with Crippen molar-refractivity contribution in [2.24, 2.45) is 11.8 Å². The van der Waals surface area contributed by atoms with Gasteiger partial charge in [0, 0.05) is 25.3 Å². The molecular weight excluding hydrogens is 554 g/mol. The molecule has 6 atom stereocenters. The number of nitrogens with zero attached hydrogens (tertiary/aromatic N) is 3. The van der Waals surface area contributed by atoms with Crippen LogP contribution < -0.4 is 4.90 Å². The van der Waals surface area contributed by atoms with Gasteiger partial charge in [0.15, 0.2) is 0 Å². The van der Waals surface area contributed by atoms with Gasteiger partial charge in [-0.25, -0.2) is 0 Å². The second-order valence-electron chi connectivity index (χ2n) is 12.7. The molecule has 0 radical (unpaired) electrons. The lowest BCUT2D eigenvalue weighted by Gasteiger charge is -2.41. The van der Waals surface area contributed by atoms with Crippen LogP contribution in [0.4, 0.5) is 5.69 Å². The molecule has 1 unspecified atom stereocenters. The summed E-state index contributed by atoms with van der Waals surface area (Å²) < 4.78 is 7.12. The van der Waals surface area contributed by atoms with Crippen LogP contribution in [0.25, 0.3) is 0 Å². The van der Waals surface area contributed by atoms with Crippen molar-refractivity contribution < 1.29 is 24.2 Å². The molecule has 8 nitrogen and oxygen atoms in total. The van der Waals surface area contributed by atoms with Crippen LogP contribution in [-0.2, 0) is 25.5 Å². The van der Waals surface area contributed by atoms with E-state index >= 15 is 4.79 Å². The van der Waals surface area contributed by atoms with E-state index in [0.717, 1.165) is 28.8 Å². The maximum absolute atomic E-state index is 15.0. The molecule has 2 aromatic rings. The van der Waals surface area contributed by atoms with Gasteiger partial charge in [0.05, 0.1) is 30.1 Å². The molecule has 2 aromatic carbocycles. The fourth-order valence-corrected chi connectivity index (χ4v) is 8.18. The Morgan fingerprint density at radius 2 is 1.59 bits per heavy atom. The summed E-state index contributed by atoms with van der Waals surface area (Å²) in [5.74, 6) is -2.40. The van der Waals surface area contributed by atoms with Crippen molar-refractivity contribution in [2.45, 2.75) is 70.2 Å². The minimum Gasteiger partial charge on any atom is -0.394 e. The lowest BCUT2D eigenvalue weighted by molar-refractivity contribution is -0.152. The third-order valence-electron chi connectivity index (χ3n) is 10.1. The first-order chi connectivity index (χ1) is 21.2. The lowest BCUT2D eigenvalue weighted by atomic mass is 9.73. The summed E-state index contributed by atoms with van der Waals surface area (Å²) in [5.41, 5.74) is 1.25. The molecule has 2 fully saturated rings. The molecule has 232 valence electrons. The molecule has 44 heavy (non-hydrogen) atoms. The molecule has 4 aliphatic heterocycles. The number of para-hydroxylation sites is 1. The zero-order valence-corrected chi connectivity index (χ0v) is 26.1. The lowest BCUT2D eigenvalue weighted by Crippen LogP contribution is -2.59. The number of hydrogen-bond donors (Lipinski definition) is 1. The molecule has 0 aromatic heterocycles. The van der Waals surface area contributed by atoms with Gasteiger partial charge in [0.2, 0.25) is 11.8 Å². The van der Waals surface area contributed by atoms with Crippen LogP contribution in [0.1, 0.15) is 43.4 Å². The van der Waals surface area contributed by atoms with E-state index in [-0.39, 0.29) is 24.3 Å². The second-order valence-corrected chi connectivity index (χ2v) is 12.7. The van der Waals surface area contributed by atoms with Crippen LogP contribution >= 0.6 is 0 Å². The Labute approximate surface area is 260 Å². The van der Waals surface area contributed by atoms with Gasteiger partial charge in [-0.15, -0.1) is 0 Å². The van der Waals surface area contributed by atoms with Crippen LogP contribution in [0.3, 0.4) is 0 Å².